The van der Waals surface area contributed by atoms with Gasteiger partial charge >= 0.3 is 0 Å². The number of hydrogen-bond acceptors (Lipinski definition) is 4. The van der Waals surface area contributed by atoms with E-state index in [0.717, 1.165) is 4.90 Å². The Balaban J connectivity index is 1.55. The molecule has 138 valence electrons. The lowest BCUT2D eigenvalue weighted by Crippen LogP contribution is -2.50. The lowest BCUT2D eigenvalue weighted by Gasteiger charge is -2.34. The maximum atomic E-state index is 12.7. The van der Waals surface area contributed by atoms with Crippen LogP contribution in [0.3, 0.4) is 0 Å². The van der Waals surface area contributed by atoms with Gasteiger partial charge in [0, 0.05) is 36.1 Å². The summed E-state index contributed by atoms with van der Waals surface area (Å²) in [5, 5.41) is 0.496. The van der Waals surface area contributed by atoms with Crippen LogP contribution in [-0.2, 0) is 14.8 Å². The summed E-state index contributed by atoms with van der Waals surface area (Å²) in [7, 11) is -3.55. The SMILES string of the molecule is O=C(CSc1ccccc1)N1CCN(S(=O)(=O)c2ccc(Cl)cc2)CC1. The van der Waals surface area contributed by atoms with E-state index < -0.39 is 10.0 Å². The molecule has 0 N–H and O–H groups in total. The molecule has 1 fully saturated rings. The fourth-order valence-corrected chi connectivity index (χ4v) is 5.06. The molecule has 0 aromatic heterocycles. The van der Waals surface area contributed by atoms with Gasteiger partial charge in [0.15, 0.2) is 0 Å². The Bertz CT molecular complexity index is 850. The van der Waals surface area contributed by atoms with Gasteiger partial charge in [-0.2, -0.15) is 4.31 Å². The lowest BCUT2D eigenvalue weighted by atomic mass is 10.3. The van der Waals surface area contributed by atoms with Crippen molar-refractivity contribution in [2.75, 3.05) is 31.9 Å². The van der Waals surface area contributed by atoms with Gasteiger partial charge in [0.05, 0.1) is 10.6 Å². The molecule has 5 nitrogen and oxygen atoms in total. The minimum absolute atomic E-state index is 0.0300. The Labute approximate surface area is 163 Å². The maximum absolute atomic E-state index is 12.7. The number of thioether (sulfide) groups is 1. The second-order valence-corrected chi connectivity index (χ2v) is 9.26. The molecule has 1 heterocycles. The highest BCUT2D eigenvalue weighted by molar-refractivity contribution is 8.00. The Kier molecular flexibility index (Phi) is 6.24. The van der Waals surface area contributed by atoms with Crippen molar-refractivity contribution in [3.63, 3.8) is 0 Å². The van der Waals surface area contributed by atoms with E-state index in [-0.39, 0.29) is 10.8 Å². The minimum Gasteiger partial charge on any atom is -0.339 e. The average Bonchev–Trinajstić information content (AvgIpc) is 2.67. The van der Waals surface area contributed by atoms with Gasteiger partial charge in [-0.05, 0) is 36.4 Å². The maximum Gasteiger partial charge on any atom is 0.243 e. The first-order valence-corrected chi connectivity index (χ1v) is 11.0. The summed E-state index contributed by atoms with van der Waals surface area (Å²) >= 11 is 7.31. The number of benzene rings is 2. The molecule has 1 aliphatic heterocycles. The first-order chi connectivity index (χ1) is 12.5. The zero-order valence-electron chi connectivity index (χ0n) is 14.0. The third-order valence-electron chi connectivity index (χ3n) is 4.15. The number of rotatable bonds is 5. The fourth-order valence-electron chi connectivity index (χ4n) is 2.69. The Hall–Kier alpha value is -1.54. The number of piperazine rings is 1. The standard InChI is InChI=1S/C18H19ClN2O3S2/c19-15-6-8-17(9-7-15)26(23,24)21-12-10-20(11-13-21)18(22)14-25-16-4-2-1-3-5-16/h1-9H,10-14H2. The zero-order valence-corrected chi connectivity index (χ0v) is 16.4. The van der Waals surface area contributed by atoms with Crippen LogP contribution in [0.25, 0.3) is 0 Å². The van der Waals surface area contributed by atoms with Gasteiger partial charge in [0.2, 0.25) is 15.9 Å². The molecule has 26 heavy (non-hydrogen) atoms. The summed E-state index contributed by atoms with van der Waals surface area (Å²) in [6, 6.07) is 15.9. The van der Waals surface area contributed by atoms with Gasteiger partial charge in [0.25, 0.3) is 0 Å². The van der Waals surface area contributed by atoms with Gasteiger partial charge in [-0.25, -0.2) is 8.42 Å². The summed E-state index contributed by atoms with van der Waals surface area (Å²) in [6.07, 6.45) is 0. The van der Waals surface area contributed by atoms with Gasteiger partial charge in [-0.3, -0.25) is 4.79 Å². The van der Waals surface area contributed by atoms with Crippen molar-refractivity contribution in [3.8, 4) is 0 Å². The van der Waals surface area contributed by atoms with Crippen LogP contribution in [0, 0.1) is 0 Å². The van der Waals surface area contributed by atoms with E-state index in [1.54, 1.807) is 17.0 Å². The molecular formula is C18H19ClN2O3S2. The molecular weight excluding hydrogens is 392 g/mol. The first-order valence-electron chi connectivity index (χ1n) is 8.18. The Morgan fingerprint density at radius 3 is 2.19 bits per heavy atom. The van der Waals surface area contributed by atoms with Crippen LogP contribution in [0.2, 0.25) is 5.02 Å². The van der Waals surface area contributed by atoms with E-state index in [0.29, 0.717) is 37.0 Å². The number of hydrogen-bond donors (Lipinski definition) is 0. The predicted octanol–water partition coefficient (Wildman–Crippen LogP) is 2.97. The van der Waals surface area contributed by atoms with Gasteiger partial charge in [-0.1, -0.05) is 29.8 Å². The zero-order chi connectivity index (χ0) is 18.6. The van der Waals surface area contributed by atoms with Crippen molar-refractivity contribution in [1.29, 1.82) is 0 Å². The average molecular weight is 411 g/mol. The lowest BCUT2D eigenvalue weighted by molar-refractivity contribution is -0.129. The van der Waals surface area contributed by atoms with Crippen LogP contribution in [0.15, 0.2) is 64.4 Å². The third kappa shape index (κ3) is 4.59. The summed E-state index contributed by atoms with van der Waals surface area (Å²) in [5.74, 6) is 0.385. The monoisotopic (exact) mass is 410 g/mol. The topological polar surface area (TPSA) is 57.7 Å². The quantitative estimate of drug-likeness (QED) is 0.711. The van der Waals surface area contributed by atoms with Crippen molar-refractivity contribution >= 4 is 39.3 Å². The molecule has 0 saturated carbocycles. The molecule has 2 aromatic carbocycles. The van der Waals surface area contributed by atoms with Crippen molar-refractivity contribution < 1.29 is 13.2 Å². The highest BCUT2D eigenvalue weighted by Crippen LogP contribution is 2.21. The second-order valence-electron chi connectivity index (χ2n) is 5.84. The number of nitrogens with zero attached hydrogens (tertiary/aromatic N) is 2. The molecule has 3 rings (SSSR count). The highest BCUT2D eigenvalue weighted by Gasteiger charge is 2.29. The molecule has 0 atom stereocenters. The first kappa shape index (κ1) is 19.2. The van der Waals surface area contributed by atoms with Crippen LogP contribution < -0.4 is 0 Å². The van der Waals surface area contributed by atoms with Crippen molar-refractivity contribution in [3.05, 3.63) is 59.6 Å². The van der Waals surface area contributed by atoms with E-state index in [1.165, 1.54) is 28.2 Å². The Morgan fingerprint density at radius 1 is 0.962 bits per heavy atom. The molecule has 1 aliphatic rings. The molecule has 0 radical (unpaired) electrons. The number of halogens is 1. The normalized spacial score (nSPS) is 15.8. The summed E-state index contributed by atoms with van der Waals surface area (Å²) in [5.41, 5.74) is 0. The predicted molar refractivity (Wildman–Crippen MR) is 104 cm³/mol. The van der Waals surface area contributed by atoms with Crippen molar-refractivity contribution in [1.82, 2.24) is 9.21 Å². The summed E-state index contributed by atoms with van der Waals surface area (Å²) in [4.78, 5) is 15.4. The van der Waals surface area contributed by atoms with Crippen LogP contribution in [0.5, 0.6) is 0 Å². The molecule has 0 aliphatic carbocycles. The third-order valence-corrected chi connectivity index (χ3v) is 7.31. The minimum atomic E-state index is -3.55. The van der Waals surface area contributed by atoms with Crippen LogP contribution in [0.1, 0.15) is 0 Å². The van der Waals surface area contributed by atoms with E-state index in [2.05, 4.69) is 0 Å². The van der Waals surface area contributed by atoms with Gasteiger partial charge in [0.1, 0.15) is 0 Å². The number of sulfonamides is 1. The molecule has 2 aromatic rings. The second kappa shape index (κ2) is 8.43. The molecule has 0 unspecified atom stereocenters. The molecule has 1 saturated heterocycles. The van der Waals surface area contributed by atoms with E-state index in [4.69, 9.17) is 11.6 Å². The number of amides is 1. The fraction of sp³-hybridized carbons (Fsp3) is 0.278. The van der Waals surface area contributed by atoms with E-state index >= 15 is 0 Å². The van der Waals surface area contributed by atoms with Crippen LogP contribution in [0.4, 0.5) is 0 Å². The highest BCUT2D eigenvalue weighted by atomic mass is 35.5. The molecule has 0 spiro atoms. The smallest absolute Gasteiger partial charge is 0.243 e. The van der Waals surface area contributed by atoms with E-state index in [9.17, 15) is 13.2 Å². The van der Waals surface area contributed by atoms with Gasteiger partial charge < -0.3 is 4.90 Å². The van der Waals surface area contributed by atoms with Crippen molar-refractivity contribution in [2.24, 2.45) is 0 Å². The largest absolute Gasteiger partial charge is 0.339 e. The van der Waals surface area contributed by atoms with Crippen LogP contribution >= 0.6 is 23.4 Å². The van der Waals surface area contributed by atoms with Crippen LogP contribution in [-0.4, -0.2) is 55.5 Å². The number of carbonyl (C=O) groups is 1. The molecule has 8 heteroatoms. The molecule has 0 bridgehead atoms. The van der Waals surface area contributed by atoms with Gasteiger partial charge in [-0.15, -0.1) is 11.8 Å². The number of carbonyl (C=O) groups excluding carboxylic acids is 1. The summed E-state index contributed by atoms with van der Waals surface area (Å²) < 4.78 is 26.7. The van der Waals surface area contributed by atoms with E-state index in [1.807, 2.05) is 30.3 Å². The Morgan fingerprint density at radius 2 is 1.58 bits per heavy atom. The molecule has 1 amide bonds. The summed E-state index contributed by atoms with van der Waals surface area (Å²) in [6.45, 7) is 1.40. The van der Waals surface area contributed by atoms with Crippen molar-refractivity contribution in [2.45, 2.75) is 9.79 Å².